The summed E-state index contributed by atoms with van der Waals surface area (Å²) in [6.45, 7) is 5.53. The third-order valence-electron chi connectivity index (χ3n) is 4.64. The quantitative estimate of drug-likeness (QED) is 0.707. The summed E-state index contributed by atoms with van der Waals surface area (Å²) in [7, 11) is 6.31. The van der Waals surface area contributed by atoms with E-state index in [1.165, 1.54) is 12.8 Å². The minimum atomic E-state index is 0.284. The zero-order valence-corrected chi connectivity index (χ0v) is 14.0. The van der Waals surface area contributed by atoms with Crippen LogP contribution in [0.1, 0.15) is 25.7 Å². The molecule has 1 heterocycles. The first-order chi connectivity index (χ1) is 10.1. The van der Waals surface area contributed by atoms with Gasteiger partial charge in [0.05, 0.1) is 6.54 Å². The molecule has 0 atom stereocenters. The monoisotopic (exact) mass is 296 g/mol. The first kappa shape index (κ1) is 16.7. The molecule has 2 rings (SSSR count). The Morgan fingerprint density at radius 2 is 1.81 bits per heavy atom. The van der Waals surface area contributed by atoms with Crippen LogP contribution >= 0.6 is 0 Å². The molecule has 2 fully saturated rings. The Balaban J connectivity index is 1.81. The van der Waals surface area contributed by atoms with Crippen LogP contribution in [-0.4, -0.2) is 87.1 Å². The lowest BCUT2D eigenvalue weighted by atomic mass is 10.0. The zero-order chi connectivity index (χ0) is 15.2. The van der Waals surface area contributed by atoms with E-state index in [1.807, 2.05) is 0 Å². The van der Waals surface area contributed by atoms with Crippen molar-refractivity contribution in [1.82, 2.24) is 20.0 Å². The Morgan fingerprint density at radius 3 is 2.38 bits per heavy atom. The zero-order valence-electron chi connectivity index (χ0n) is 14.0. The van der Waals surface area contributed by atoms with Crippen molar-refractivity contribution in [2.24, 2.45) is 5.92 Å². The number of likely N-dealkylation sites (tertiary alicyclic amines) is 1. The SMILES string of the molecule is CN(C)CCN(C(=O)CNCC1CC1)C1CCN(C)CC1. The Hall–Kier alpha value is -0.650. The Morgan fingerprint density at radius 1 is 1.14 bits per heavy atom. The number of nitrogens with zero attached hydrogens (tertiary/aromatic N) is 3. The summed E-state index contributed by atoms with van der Waals surface area (Å²) < 4.78 is 0. The number of hydrogen-bond acceptors (Lipinski definition) is 4. The summed E-state index contributed by atoms with van der Waals surface area (Å²) in [5.74, 6) is 1.11. The number of hydrogen-bond donors (Lipinski definition) is 1. The van der Waals surface area contributed by atoms with Crippen LogP contribution in [0.4, 0.5) is 0 Å². The van der Waals surface area contributed by atoms with E-state index in [-0.39, 0.29) is 5.91 Å². The number of carbonyl (C=O) groups excluding carboxylic acids is 1. The molecule has 1 N–H and O–H groups in total. The maximum Gasteiger partial charge on any atom is 0.236 e. The molecule has 0 aromatic rings. The molecule has 21 heavy (non-hydrogen) atoms. The van der Waals surface area contributed by atoms with E-state index in [9.17, 15) is 4.79 Å². The van der Waals surface area contributed by atoms with Gasteiger partial charge in [0, 0.05) is 19.1 Å². The highest BCUT2D eigenvalue weighted by Crippen LogP contribution is 2.27. The van der Waals surface area contributed by atoms with E-state index in [0.29, 0.717) is 12.6 Å². The van der Waals surface area contributed by atoms with Crippen LogP contribution in [0.5, 0.6) is 0 Å². The topological polar surface area (TPSA) is 38.8 Å². The molecule has 2 aliphatic rings. The normalized spacial score (nSPS) is 21.0. The van der Waals surface area contributed by atoms with Gasteiger partial charge in [-0.05, 0) is 72.4 Å². The molecule has 5 nitrogen and oxygen atoms in total. The smallest absolute Gasteiger partial charge is 0.236 e. The molecule has 0 bridgehead atoms. The van der Waals surface area contributed by atoms with Crippen LogP contribution in [0.15, 0.2) is 0 Å². The van der Waals surface area contributed by atoms with E-state index in [2.05, 4.69) is 41.2 Å². The average Bonchev–Trinajstić information content (AvgIpc) is 3.25. The summed E-state index contributed by atoms with van der Waals surface area (Å²) in [5.41, 5.74) is 0. The molecule has 0 aromatic heterocycles. The molecule has 0 unspecified atom stereocenters. The molecule has 122 valence electrons. The second-order valence-corrected chi connectivity index (χ2v) is 7.00. The third kappa shape index (κ3) is 5.93. The van der Waals surface area contributed by atoms with Crippen molar-refractivity contribution in [3.05, 3.63) is 0 Å². The van der Waals surface area contributed by atoms with E-state index in [0.717, 1.165) is 51.5 Å². The lowest BCUT2D eigenvalue weighted by molar-refractivity contribution is -0.133. The summed E-state index contributed by atoms with van der Waals surface area (Å²) in [5, 5.41) is 3.35. The number of carbonyl (C=O) groups is 1. The van der Waals surface area contributed by atoms with Crippen LogP contribution in [0, 0.1) is 5.92 Å². The summed E-state index contributed by atoms with van der Waals surface area (Å²) in [6, 6.07) is 0.427. The molecule has 1 aliphatic heterocycles. The van der Waals surface area contributed by atoms with E-state index < -0.39 is 0 Å². The minimum absolute atomic E-state index is 0.284. The molecule has 1 saturated carbocycles. The Kier molecular flexibility index (Phi) is 6.45. The highest BCUT2D eigenvalue weighted by Gasteiger charge is 2.27. The number of amides is 1. The predicted molar refractivity (Wildman–Crippen MR) is 86.4 cm³/mol. The lowest BCUT2D eigenvalue weighted by Gasteiger charge is -2.38. The van der Waals surface area contributed by atoms with Gasteiger partial charge < -0.3 is 20.0 Å². The summed E-state index contributed by atoms with van der Waals surface area (Å²) in [6.07, 6.45) is 4.89. The fourth-order valence-corrected chi connectivity index (χ4v) is 2.93. The fraction of sp³-hybridized carbons (Fsp3) is 0.938. The van der Waals surface area contributed by atoms with Crippen LogP contribution in [-0.2, 0) is 4.79 Å². The maximum atomic E-state index is 12.6. The van der Waals surface area contributed by atoms with Crippen LogP contribution < -0.4 is 5.32 Å². The van der Waals surface area contributed by atoms with Crippen LogP contribution in [0.3, 0.4) is 0 Å². The second-order valence-electron chi connectivity index (χ2n) is 7.00. The lowest BCUT2D eigenvalue weighted by Crippen LogP contribution is -2.51. The highest BCUT2D eigenvalue weighted by atomic mass is 16.2. The van der Waals surface area contributed by atoms with Crippen molar-refractivity contribution < 1.29 is 4.79 Å². The van der Waals surface area contributed by atoms with Gasteiger partial charge >= 0.3 is 0 Å². The molecule has 5 heteroatoms. The molecule has 0 aromatic carbocycles. The number of nitrogens with one attached hydrogen (secondary N) is 1. The number of rotatable bonds is 8. The van der Waals surface area contributed by atoms with Gasteiger partial charge in [-0.3, -0.25) is 4.79 Å². The minimum Gasteiger partial charge on any atom is -0.337 e. The van der Waals surface area contributed by atoms with Crippen molar-refractivity contribution >= 4 is 5.91 Å². The van der Waals surface area contributed by atoms with Gasteiger partial charge in [-0.25, -0.2) is 0 Å². The van der Waals surface area contributed by atoms with Gasteiger partial charge in [-0.1, -0.05) is 0 Å². The van der Waals surface area contributed by atoms with Crippen molar-refractivity contribution in [3.63, 3.8) is 0 Å². The van der Waals surface area contributed by atoms with Crippen molar-refractivity contribution in [1.29, 1.82) is 0 Å². The van der Waals surface area contributed by atoms with E-state index in [4.69, 9.17) is 0 Å². The van der Waals surface area contributed by atoms with Crippen molar-refractivity contribution in [2.75, 3.05) is 60.4 Å². The van der Waals surface area contributed by atoms with Gasteiger partial charge in [-0.2, -0.15) is 0 Å². The van der Waals surface area contributed by atoms with Crippen molar-refractivity contribution in [3.8, 4) is 0 Å². The number of likely N-dealkylation sites (N-methyl/N-ethyl adjacent to an activating group) is 1. The number of piperidine rings is 1. The van der Waals surface area contributed by atoms with Gasteiger partial charge in [-0.15, -0.1) is 0 Å². The van der Waals surface area contributed by atoms with Gasteiger partial charge in [0.2, 0.25) is 5.91 Å². The van der Waals surface area contributed by atoms with Crippen LogP contribution in [0.25, 0.3) is 0 Å². The fourth-order valence-electron chi connectivity index (χ4n) is 2.93. The van der Waals surface area contributed by atoms with E-state index >= 15 is 0 Å². The van der Waals surface area contributed by atoms with Gasteiger partial charge in [0.1, 0.15) is 0 Å². The second kappa shape index (κ2) is 8.11. The standard InChI is InChI=1S/C16H32N4O/c1-18(2)10-11-20(15-6-8-19(3)9-7-15)16(21)13-17-12-14-4-5-14/h14-15,17H,4-13H2,1-3H3. The average molecular weight is 296 g/mol. The summed E-state index contributed by atoms with van der Waals surface area (Å²) >= 11 is 0. The molecule has 1 amide bonds. The maximum absolute atomic E-state index is 12.6. The Labute approximate surface area is 129 Å². The molecular formula is C16H32N4O. The van der Waals surface area contributed by atoms with Crippen molar-refractivity contribution in [2.45, 2.75) is 31.7 Å². The predicted octanol–water partition coefficient (Wildman–Crippen LogP) is 0.470. The highest BCUT2D eigenvalue weighted by molar-refractivity contribution is 5.78. The molecular weight excluding hydrogens is 264 g/mol. The largest absolute Gasteiger partial charge is 0.337 e. The molecule has 1 aliphatic carbocycles. The van der Waals surface area contributed by atoms with E-state index in [1.54, 1.807) is 0 Å². The van der Waals surface area contributed by atoms with Crippen LogP contribution in [0.2, 0.25) is 0 Å². The first-order valence-corrected chi connectivity index (χ1v) is 8.39. The first-order valence-electron chi connectivity index (χ1n) is 8.39. The van der Waals surface area contributed by atoms with Gasteiger partial charge in [0.25, 0.3) is 0 Å². The van der Waals surface area contributed by atoms with Gasteiger partial charge in [0.15, 0.2) is 0 Å². The molecule has 0 spiro atoms. The Bertz CT molecular complexity index is 322. The molecule has 0 radical (unpaired) electrons. The third-order valence-corrected chi connectivity index (χ3v) is 4.64. The molecule has 1 saturated heterocycles. The summed E-state index contributed by atoms with van der Waals surface area (Å²) in [4.78, 5) is 19.2.